The van der Waals surface area contributed by atoms with Crippen molar-refractivity contribution in [2.75, 3.05) is 0 Å². The molecule has 154 valence electrons. The van der Waals surface area contributed by atoms with E-state index in [1.165, 1.54) is 29.5 Å². The van der Waals surface area contributed by atoms with Gasteiger partial charge in [0.1, 0.15) is 15.9 Å². The number of hydrogen-bond acceptors (Lipinski definition) is 5. The number of hydrogen-bond donors (Lipinski definition) is 1. The van der Waals surface area contributed by atoms with Crippen molar-refractivity contribution in [2.24, 2.45) is 5.73 Å². The van der Waals surface area contributed by atoms with E-state index in [2.05, 4.69) is 0 Å². The fourth-order valence-electron chi connectivity index (χ4n) is 3.24. The smallest absolute Gasteiger partial charge is 0.260 e. The highest BCUT2D eigenvalue weighted by Gasteiger charge is 2.24. The molecular formula is C22H21N3O3S2. The molecule has 0 fully saturated rings. The van der Waals surface area contributed by atoms with Crippen LogP contribution in [0.3, 0.4) is 0 Å². The third kappa shape index (κ3) is 3.82. The minimum Gasteiger partial charge on any atom is -0.365 e. The summed E-state index contributed by atoms with van der Waals surface area (Å²) in [5.41, 5.74) is 8.37. The lowest BCUT2D eigenvalue weighted by Gasteiger charge is -2.14. The van der Waals surface area contributed by atoms with Gasteiger partial charge >= 0.3 is 0 Å². The van der Waals surface area contributed by atoms with E-state index in [-0.39, 0.29) is 15.7 Å². The SMILES string of the molecule is Cc1c(/C=C(\C#N)S(=O)(=O)c2ccccc2)cc(C(C)C)n1-c1ccsc1C(N)=O. The number of amides is 1. The maximum atomic E-state index is 12.9. The van der Waals surface area contributed by atoms with Crippen molar-refractivity contribution in [3.8, 4) is 11.8 Å². The van der Waals surface area contributed by atoms with E-state index >= 15 is 0 Å². The fraction of sp³-hybridized carbons (Fsp3) is 0.182. The monoisotopic (exact) mass is 439 g/mol. The number of thiophene rings is 1. The van der Waals surface area contributed by atoms with Crippen molar-refractivity contribution in [1.29, 1.82) is 5.26 Å². The predicted octanol–water partition coefficient (Wildman–Crippen LogP) is 4.41. The first-order chi connectivity index (χ1) is 14.2. The molecule has 2 N–H and O–H groups in total. The highest BCUT2D eigenvalue weighted by atomic mass is 32.2. The molecule has 30 heavy (non-hydrogen) atoms. The first kappa shape index (κ1) is 21.6. The molecule has 2 heterocycles. The van der Waals surface area contributed by atoms with E-state index in [1.54, 1.807) is 23.6 Å². The Morgan fingerprint density at radius 1 is 1.23 bits per heavy atom. The molecule has 0 radical (unpaired) electrons. The lowest BCUT2D eigenvalue weighted by Crippen LogP contribution is -2.13. The van der Waals surface area contributed by atoms with Gasteiger partial charge in [-0.15, -0.1) is 11.3 Å². The number of allylic oxidation sites excluding steroid dienone is 1. The Hall–Kier alpha value is -3.15. The average molecular weight is 440 g/mol. The first-order valence-electron chi connectivity index (χ1n) is 9.20. The van der Waals surface area contributed by atoms with Crippen molar-refractivity contribution in [2.45, 2.75) is 31.6 Å². The Labute approximate surface area is 179 Å². The van der Waals surface area contributed by atoms with Gasteiger partial charge in [-0.2, -0.15) is 5.26 Å². The van der Waals surface area contributed by atoms with Gasteiger partial charge in [-0.1, -0.05) is 32.0 Å². The van der Waals surface area contributed by atoms with Crippen LogP contribution in [0.2, 0.25) is 0 Å². The molecule has 3 aromatic rings. The zero-order valence-electron chi connectivity index (χ0n) is 16.8. The molecule has 0 spiro atoms. The highest BCUT2D eigenvalue weighted by Crippen LogP contribution is 2.32. The largest absolute Gasteiger partial charge is 0.365 e. The average Bonchev–Trinajstić information content (AvgIpc) is 3.31. The standard InChI is InChI=1S/C22H21N3O3S2/c1-14(2)20-12-16(15(3)25(20)19-9-10-29-21(19)22(24)26)11-18(13-23)30(27,28)17-7-5-4-6-8-17/h4-12,14H,1-3H3,(H2,24,26)/b18-11+. The van der Waals surface area contributed by atoms with Gasteiger partial charge in [-0.3, -0.25) is 4.79 Å². The van der Waals surface area contributed by atoms with E-state index in [1.807, 2.05) is 43.5 Å². The van der Waals surface area contributed by atoms with Gasteiger partial charge in [0.15, 0.2) is 0 Å². The van der Waals surface area contributed by atoms with Gasteiger partial charge in [0.05, 0.1) is 10.6 Å². The summed E-state index contributed by atoms with van der Waals surface area (Å²) < 4.78 is 27.7. The van der Waals surface area contributed by atoms with E-state index < -0.39 is 15.7 Å². The Morgan fingerprint density at radius 2 is 1.90 bits per heavy atom. The third-order valence-corrected chi connectivity index (χ3v) is 7.35. The van der Waals surface area contributed by atoms with Crippen molar-refractivity contribution in [3.05, 3.63) is 74.6 Å². The molecule has 0 saturated heterocycles. The summed E-state index contributed by atoms with van der Waals surface area (Å²) in [5, 5.41) is 11.4. The summed E-state index contributed by atoms with van der Waals surface area (Å²) in [7, 11) is -3.95. The number of nitriles is 1. The van der Waals surface area contributed by atoms with Crippen LogP contribution in [-0.2, 0) is 9.84 Å². The molecule has 1 aromatic carbocycles. The van der Waals surface area contributed by atoms with Gasteiger partial charge in [0.25, 0.3) is 5.91 Å². The van der Waals surface area contributed by atoms with E-state index in [0.717, 1.165) is 11.4 Å². The van der Waals surface area contributed by atoms with Crippen molar-refractivity contribution in [3.63, 3.8) is 0 Å². The number of benzene rings is 1. The summed E-state index contributed by atoms with van der Waals surface area (Å²) in [5.74, 6) is -0.438. The minimum absolute atomic E-state index is 0.0628. The minimum atomic E-state index is -3.95. The van der Waals surface area contributed by atoms with Crippen LogP contribution in [0.5, 0.6) is 0 Å². The van der Waals surface area contributed by atoms with Crippen LogP contribution in [-0.4, -0.2) is 18.9 Å². The molecule has 0 unspecified atom stereocenters. The van der Waals surface area contributed by atoms with Crippen LogP contribution >= 0.6 is 11.3 Å². The summed E-state index contributed by atoms with van der Waals surface area (Å²) in [6, 6.07) is 13.3. The lowest BCUT2D eigenvalue weighted by molar-refractivity contribution is 0.100. The molecule has 6 nitrogen and oxygen atoms in total. The second-order valence-electron chi connectivity index (χ2n) is 7.04. The van der Waals surface area contributed by atoms with Crippen LogP contribution in [0, 0.1) is 18.3 Å². The molecule has 8 heteroatoms. The summed E-state index contributed by atoms with van der Waals surface area (Å²) in [6.45, 7) is 5.83. The Balaban J connectivity index is 2.22. The number of carbonyl (C=O) groups excluding carboxylic acids is 1. The Morgan fingerprint density at radius 3 is 2.47 bits per heavy atom. The number of primary amides is 1. The summed E-state index contributed by atoms with van der Waals surface area (Å²) in [4.78, 5) is 12.0. The zero-order valence-corrected chi connectivity index (χ0v) is 18.4. The zero-order chi connectivity index (χ0) is 22.1. The predicted molar refractivity (Wildman–Crippen MR) is 118 cm³/mol. The summed E-state index contributed by atoms with van der Waals surface area (Å²) >= 11 is 1.25. The van der Waals surface area contributed by atoms with E-state index in [9.17, 15) is 18.5 Å². The maximum Gasteiger partial charge on any atom is 0.260 e. The maximum absolute atomic E-state index is 12.9. The highest BCUT2D eigenvalue weighted by molar-refractivity contribution is 7.95. The number of nitrogens with two attached hydrogens (primary N) is 1. The normalized spacial score (nSPS) is 12.2. The van der Waals surface area contributed by atoms with Crippen molar-refractivity contribution >= 4 is 33.2 Å². The van der Waals surface area contributed by atoms with Gasteiger partial charge in [0, 0.05) is 11.4 Å². The molecule has 0 bridgehead atoms. The Kier molecular flexibility index (Phi) is 5.97. The third-order valence-electron chi connectivity index (χ3n) is 4.76. The molecule has 0 saturated carbocycles. The number of rotatable bonds is 6. The number of nitrogens with zero attached hydrogens (tertiary/aromatic N) is 2. The van der Waals surface area contributed by atoms with Crippen LogP contribution < -0.4 is 5.73 Å². The molecule has 0 aliphatic heterocycles. The fourth-order valence-corrected chi connectivity index (χ4v) is 5.14. The van der Waals surface area contributed by atoms with E-state index in [4.69, 9.17) is 5.73 Å². The van der Waals surface area contributed by atoms with Crippen LogP contribution in [0.25, 0.3) is 11.8 Å². The molecular weight excluding hydrogens is 418 g/mol. The first-order valence-corrected chi connectivity index (χ1v) is 11.6. The molecule has 0 atom stereocenters. The molecule has 1 amide bonds. The van der Waals surface area contributed by atoms with Crippen LogP contribution in [0.4, 0.5) is 0 Å². The summed E-state index contributed by atoms with van der Waals surface area (Å²) in [6.07, 6.45) is 1.39. The molecule has 3 rings (SSSR count). The number of carbonyl (C=O) groups is 1. The van der Waals surface area contributed by atoms with Gasteiger partial charge in [-0.05, 0) is 54.1 Å². The molecule has 0 aliphatic rings. The molecule has 0 aliphatic carbocycles. The topological polar surface area (TPSA) is 106 Å². The molecule has 2 aromatic heterocycles. The Bertz CT molecular complexity index is 1270. The quantitative estimate of drug-likeness (QED) is 0.574. The number of sulfone groups is 1. The van der Waals surface area contributed by atoms with Gasteiger partial charge < -0.3 is 10.3 Å². The van der Waals surface area contributed by atoms with Crippen molar-refractivity contribution in [1.82, 2.24) is 4.57 Å². The van der Waals surface area contributed by atoms with Crippen LogP contribution in [0.1, 0.15) is 46.4 Å². The second-order valence-corrected chi connectivity index (χ2v) is 9.87. The second kappa shape index (κ2) is 8.30. The van der Waals surface area contributed by atoms with Crippen molar-refractivity contribution < 1.29 is 13.2 Å². The number of aromatic nitrogens is 1. The van der Waals surface area contributed by atoms with Gasteiger partial charge in [-0.25, -0.2) is 8.42 Å². The van der Waals surface area contributed by atoms with Crippen LogP contribution in [0.15, 0.2) is 57.6 Å². The van der Waals surface area contributed by atoms with E-state index in [0.29, 0.717) is 16.1 Å². The lowest BCUT2D eigenvalue weighted by atomic mass is 10.1. The van der Waals surface area contributed by atoms with Gasteiger partial charge in [0.2, 0.25) is 9.84 Å².